The van der Waals surface area contributed by atoms with Gasteiger partial charge in [0.05, 0.1) is 15.8 Å². The van der Waals surface area contributed by atoms with E-state index in [2.05, 4.69) is 15.9 Å². The Morgan fingerprint density at radius 2 is 2.07 bits per heavy atom. The van der Waals surface area contributed by atoms with Crippen molar-refractivity contribution in [3.63, 3.8) is 0 Å². The molecule has 0 fully saturated rings. The molecule has 0 unspecified atom stereocenters. The van der Waals surface area contributed by atoms with Crippen LogP contribution >= 0.6 is 27.5 Å². The summed E-state index contributed by atoms with van der Waals surface area (Å²) in [5.74, 6) is 0.726. The van der Waals surface area contributed by atoms with Crippen molar-refractivity contribution >= 4 is 27.5 Å². The predicted molar refractivity (Wildman–Crippen MR) is 58.5 cm³/mol. The zero-order valence-corrected chi connectivity index (χ0v) is 9.34. The third-order valence-electron chi connectivity index (χ3n) is 1.83. The van der Waals surface area contributed by atoms with Crippen LogP contribution in [0.2, 0.25) is 5.02 Å². The highest BCUT2D eigenvalue weighted by Crippen LogP contribution is 2.33. The summed E-state index contributed by atoms with van der Waals surface area (Å²) in [6, 6.07) is 6.76. The van der Waals surface area contributed by atoms with E-state index in [1.165, 1.54) is 0 Å². The Morgan fingerprint density at radius 3 is 2.64 bits per heavy atom. The average Bonchev–Trinajstić information content (AvgIpc) is 2.57. The number of benzene rings is 1. The van der Waals surface area contributed by atoms with Crippen molar-refractivity contribution in [2.75, 3.05) is 0 Å². The van der Waals surface area contributed by atoms with E-state index in [0.29, 0.717) is 10.8 Å². The first-order valence-corrected chi connectivity index (χ1v) is 5.07. The van der Waals surface area contributed by atoms with Crippen molar-refractivity contribution in [3.05, 3.63) is 40.0 Å². The van der Waals surface area contributed by atoms with E-state index in [0.717, 1.165) is 10.0 Å². The molecule has 0 amide bonds. The van der Waals surface area contributed by atoms with Gasteiger partial charge in [-0.05, 0) is 40.2 Å². The molecule has 0 atom stereocenters. The van der Waals surface area contributed by atoms with E-state index in [1.807, 2.05) is 0 Å². The molecular formula is C10H6BrClO2. The summed E-state index contributed by atoms with van der Waals surface area (Å²) >= 11 is 9.03. The molecule has 0 saturated heterocycles. The second-order valence-corrected chi connectivity index (χ2v) is 4.03. The normalized spacial score (nSPS) is 10.4. The van der Waals surface area contributed by atoms with Gasteiger partial charge in [0.2, 0.25) is 0 Å². The van der Waals surface area contributed by atoms with Gasteiger partial charge in [0.15, 0.2) is 0 Å². The van der Waals surface area contributed by atoms with Crippen LogP contribution in [0.5, 0.6) is 5.75 Å². The van der Waals surface area contributed by atoms with Crippen molar-refractivity contribution in [2.24, 2.45) is 0 Å². The van der Waals surface area contributed by atoms with Crippen LogP contribution < -0.4 is 0 Å². The fourth-order valence-electron chi connectivity index (χ4n) is 1.15. The van der Waals surface area contributed by atoms with Crippen LogP contribution in [0.15, 0.2) is 39.4 Å². The van der Waals surface area contributed by atoms with Crippen LogP contribution in [0.3, 0.4) is 0 Å². The van der Waals surface area contributed by atoms with Crippen LogP contribution in [0.1, 0.15) is 0 Å². The van der Waals surface area contributed by atoms with Crippen LogP contribution in [-0.2, 0) is 0 Å². The second-order valence-electron chi connectivity index (χ2n) is 2.76. The molecule has 2 aromatic rings. The molecule has 72 valence electrons. The Morgan fingerprint density at radius 1 is 1.29 bits per heavy atom. The molecule has 14 heavy (non-hydrogen) atoms. The molecule has 0 aliphatic carbocycles. The first-order chi connectivity index (χ1) is 6.68. The quantitative estimate of drug-likeness (QED) is 0.850. The molecule has 0 saturated carbocycles. The summed E-state index contributed by atoms with van der Waals surface area (Å²) in [5, 5.41) is 9.73. The van der Waals surface area contributed by atoms with E-state index in [-0.39, 0.29) is 5.75 Å². The lowest BCUT2D eigenvalue weighted by Crippen LogP contribution is -1.75. The molecule has 1 heterocycles. The molecule has 0 spiro atoms. The smallest absolute Gasteiger partial charge is 0.148 e. The molecule has 0 bridgehead atoms. The monoisotopic (exact) mass is 272 g/mol. The number of hydrogen-bond donors (Lipinski definition) is 1. The Bertz CT molecular complexity index is 465. The van der Waals surface area contributed by atoms with Gasteiger partial charge in [0.25, 0.3) is 0 Å². The number of furan rings is 1. The third-order valence-corrected chi connectivity index (χ3v) is 2.77. The Kier molecular flexibility index (Phi) is 2.52. The maximum absolute atomic E-state index is 9.40. The summed E-state index contributed by atoms with van der Waals surface area (Å²) in [5.41, 5.74) is 0.781. The molecule has 2 rings (SSSR count). The van der Waals surface area contributed by atoms with E-state index in [9.17, 15) is 5.11 Å². The standard InChI is InChI=1S/C10H6BrClO2/c11-7-3-4-14-10(7)6-1-2-8(12)9(13)5-6/h1-5,13H. The van der Waals surface area contributed by atoms with Gasteiger partial charge >= 0.3 is 0 Å². The SMILES string of the molecule is Oc1cc(-c2occc2Br)ccc1Cl. The van der Waals surface area contributed by atoms with Gasteiger partial charge < -0.3 is 9.52 Å². The molecule has 0 radical (unpaired) electrons. The van der Waals surface area contributed by atoms with E-state index in [4.69, 9.17) is 16.0 Å². The lowest BCUT2D eigenvalue weighted by molar-refractivity contribution is 0.475. The fraction of sp³-hybridized carbons (Fsp3) is 0. The molecule has 4 heteroatoms. The molecule has 0 aliphatic heterocycles. The number of rotatable bonds is 1. The van der Waals surface area contributed by atoms with Gasteiger partial charge in [-0.2, -0.15) is 0 Å². The lowest BCUT2D eigenvalue weighted by atomic mass is 10.1. The van der Waals surface area contributed by atoms with Crippen molar-refractivity contribution in [1.82, 2.24) is 0 Å². The van der Waals surface area contributed by atoms with Gasteiger partial charge in [-0.3, -0.25) is 0 Å². The highest BCUT2D eigenvalue weighted by Gasteiger charge is 2.08. The maximum atomic E-state index is 9.40. The van der Waals surface area contributed by atoms with Crippen molar-refractivity contribution in [3.8, 4) is 17.1 Å². The van der Waals surface area contributed by atoms with Gasteiger partial charge in [0, 0.05) is 5.56 Å². The van der Waals surface area contributed by atoms with Gasteiger partial charge in [0.1, 0.15) is 11.5 Å². The van der Waals surface area contributed by atoms with Gasteiger partial charge in [-0.15, -0.1) is 0 Å². The highest BCUT2D eigenvalue weighted by molar-refractivity contribution is 9.10. The number of phenolic OH excluding ortho intramolecular Hbond substituents is 1. The number of phenols is 1. The summed E-state index contributed by atoms with van der Waals surface area (Å²) in [4.78, 5) is 0. The first kappa shape index (κ1) is 9.62. The Hall–Kier alpha value is -0.930. The maximum Gasteiger partial charge on any atom is 0.148 e. The first-order valence-electron chi connectivity index (χ1n) is 3.90. The van der Waals surface area contributed by atoms with Crippen LogP contribution in [0, 0.1) is 0 Å². The van der Waals surface area contributed by atoms with Crippen LogP contribution in [0.4, 0.5) is 0 Å². The van der Waals surface area contributed by atoms with E-state index < -0.39 is 0 Å². The summed E-state index contributed by atoms with van der Waals surface area (Å²) in [7, 11) is 0. The predicted octanol–water partition coefficient (Wildman–Crippen LogP) is 4.07. The largest absolute Gasteiger partial charge is 0.506 e. The zero-order valence-electron chi connectivity index (χ0n) is 7.00. The molecule has 0 aliphatic rings. The fourth-order valence-corrected chi connectivity index (χ4v) is 1.70. The molecule has 1 aromatic heterocycles. The lowest BCUT2D eigenvalue weighted by Gasteiger charge is -2.00. The summed E-state index contributed by atoms with van der Waals surface area (Å²) < 4.78 is 6.09. The summed E-state index contributed by atoms with van der Waals surface area (Å²) in [6.07, 6.45) is 1.57. The molecule has 2 nitrogen and oxygen atoms in total. The Balaban J connectivity index is 2.53. The second kappa shape index (κ2) is 3.67. The minimum absolute atomic E-state index is 0.0486. The molecule has 1 aromatic carbocycles. The average molecular weight is 274 g/mol. The molecule has 1 N–H and O–H groups in total. The van der Waals surface area contributed by atoms with Crippen molar-refractivity contribution in [2.45, 2.75) is 0 Å². The number of aromatic hydroxyl groups is 1. The van der Waals surface area contributed by atoms with Crippen LogP contribution in [-0.4, -0.2) is 5.11 Å². The highest BCUT2D eigenvalue weighted by atomic mass is 79.9. The minimum Gasteiger partial charge on any atom is -0.506 e. The zero-order chi connectivity index (χ0) is 10.1. The topological polar surface area (TPSA) is 33.4 Å². The summed E-state index contributed by atoms with van der Waals surface area (Å²) in [6.45, 7) is 0. The Labute approximate surface area is 94.2 Å². The van der Waals surface area contributed by atoms with E-state index in [1.54, 1.807) is 30.5 Å². The third kappa shape index (κ3) is 1.65. The number of halogens is 2. The van der Waals surface area contributed by atoms with E-state index >= 15 is 0 Å². The minimum atomic E-state index is 0.0486. The van der Waals surface area contributed by atoms with Crippen molar-refractivity contribution in [1.29, 1.82) is 0 Å². The van der Waals surface area contributed by atoms with Gasteiger partial charge in [-0.1, -0.05) is 11.6 Å². The molecular weight excluding hydrogens is 267 g/mol. The number of hydrogen-bond acceptors (Lipinski definition) is 2. The van der Waals surface area contributed by atoms with Crippen LogP contribution in [0.25, 0.3) is 11.3 Å². The van der Waals surface area contributed by atoms with Gasteiger partial charge in [-0.25, -0.2) is 0 Å². The van der Waals surface area contributed by atoms with Crippen molar-refractivity contribution < 1.29 is 9.52 Å².